The lowest BCUT2D eigenvalue weighted by Crippen LogP contribution is -2.62. The number of benzene rings is 3. The lowest BCUT2D eigenvalue weighted by atomic mass is 9.90. The molecule has 0 aromatic heterocycles. The summed E-state index contributed by atoms with van der Waals surface area (Å²) in [6.45, 7) is 0.221. The summed E-state index contributed by atoms with van der Waals surface area (Å²) in [5.74, 6) is -1.58. The quantitative estimate of drug-likeness (QED) is 0.509. The maximum Gasteiger partial charge on any atom is 0.248 e. The Morgan fingerprint density at radius 2 is 1.57 bits per heavy atom. The highest BCUT2D eigenvalue weighted by atomic mass is 16.8. The molecule has 3 aromatic carbocycles. The average Bonchev–Trinajstić information content (AvgIpc) is 2.89. The smallest absolute Gasteiger partial charge is 0.248 e. The monoisotopic (exact) mass is 475 g/mol. The summed E-state index contributed by atoms with van der Waals surface area (Å²) in [5.41, 5.74) is 5.26. The topological polar surface area (TPSA) is 86.3 Å². The Morgan fingerprint density at radius 1 is 0.943 bits per heavy atom. The number of aliphatic hydroxyl groups is 1. The van der Waals surface area contributed by atoms with Crippen LogP contribution in [0.4, 0.5) is 0 Å². The first-order chi connectivity index (χ1) is 17.1. The zero-order valence-electron chi connectivity index (χ0n) is 19.3. The number of ether oxygens (including phenoxy) is 3. The van der Waals surface area contributed by atoms with E-state index in [1.807, 2.05) is 91.0 Å². The number of nitrogens with one attached hydrogen (secondary N) is 1. The van der Waals surface area contributed by atoms with Crippen molar-refractivity contribution in [1.82, 2.24) is 5.48 Å². The van der Waals surface area contributed by atoms with E-state index < -0.39 is 30.4 Å². The van der Waals surface area contributed by atoms with Gasteiger partial charge in [0.1, 0.15) is 12.2 Å². The number of hydrogen-bond donors (Lipinski definition) is 2. The number of hydroxylamine groups is 1. The van der Waals surface area contributed by atoms with Gasteiger partial charge in [-0.3, -0.25) is 4.79 Å². The predicted molar refractivity (Wildman–Crippen MR) is 128 cm³/mol. The molecule has 5 rings (SSSR count). The molecule has 0 aliphatic carbocycles. The van der Waals surface area contributed by atoms with Gasteiger partial charge < -0.3 is 19.3 Å². The van der Waals surface area contributed by atoms with Crippen molar-refractivity contribution >= 4 is 5.91 Å². The van der Waals surface area contributed by atoms with Gasteiger partial charge in [-0.05, 0) is 11.1 Å². The second-order valence-corrected chi connectivity index (χ2v) is 8.97. The number of rotatable bonds is 7. The summed E-state index contributed by atoms with van der Waals surface area (Å²) < 4.78 is 18.4. The van der Waals surface area contributed by atoms with Crippen LogP contribution in [0.15, 0.2) is 91.0 Å². The van der Waals surface area contributed by atoms with E-state index >= 15 is 0 Å². The molecule has 0 bridgehead atoms. The fourth-order valence-corrected chi connectivity index (χ4v) is 4.62. The minimum Gasteiger partial charge on any atom is -0.390 e. The lowest BCUT2D eigenvalue weighted by Gasteiger charge is -2.49. The molecule has 5 atom stereocenters. The second kappa shape index (κ2) is 10.7. The van der Waals surface area contributed by atoms with Gasteiger partial charge in [0, 0.05) is 18.4 Å². The van der Waals surface area contributed by atoms with Gasteiger partial charge in [-0.1, -0.05) is 91.0 Å². The van der Waals surface area contributed by atoms with Gasteiger partial charge in [0.2, 0.25) is 11.7 Å². The van der Waals surface area contributed by atoms with Gasteiger partial charge in [-0.15, -0.1) is 0 Å². The summed E-state index contributed by atoms with van der Waals surface area (Å²) in [7, 11) is 0. The average molecular weight is 476 g/mol. The fraction of sp³-hybridized carbons (Fsp3) is 0.321. The van der Waals surface area contributed by atoms with Crippen LogP contribution < -0.4 is 5.48 Å². The first-order valence-corrected chi connectivity index (χ1v) is 11.8. The van der Waals surface area contributed by atoms with Crippen LogP contribution in [0.5, 0.6) is 0 Å². The predicted octanol–water partition coefficient (Wildman–Crippen LogP) is 3.48. The molecular weight excluding hydrogens is 446 g/mol. The Morgan fingerprint density at radius 3 is 2.26 bits per heavy atom. The van der Waals surface area contributed by atoms with Crippen molar-refractivity contribution in [3.05, 3.63) is 108 Å². The molecule has 2 saturated heterocycles. The van der Waals surface area contributed by atoms with Gasteiger partial charge in [-0.2, -0.15) is 0 Å². The maximum absolute atomic E-state index is 12.6. The molecule has 1 unspecified atom stereocenters. The van der Waals surface area contributed by atoms with E-state index in [0.29, 0.717) is 6.42 Å². The zero-order valence-corrected chi connectivity index (χ0v) is 19.3. The summed E-state index contributed by atoms with van der Waals surface area (Å²) >= 11 is 0. The molecule has 0 radical (unpaired) electrons. The van der Waals surface area contributed by atoms with Crippen molar-refractivity contribution in [3.8, 4) is 0 Å². The Kier molecular flexibility index (Phi) is 7.22. The van der Waals surface area contributed by atoms with Crippen LogP contribution in [0.3, 0.4) is 0 Å². The van der Waals surface area contributed by atoms with Crippen LogP contribution in [-0.4, -0.2) is 41.7 Å². The van der Waals surface area contributed by atoms with Gasteiger partial charge in [0.15, 0.2) is 6.29 Å². The van der Waals surface area contributed by atoms with Crippen molar-refractivity contribution in [2.75, 3.05) is 6.61 Å². The number of hydrogen-bond acceptors (Lipinski definition) is 6. The molecule has 0 spiro atoms. The van der Waals surface area contributed by atoms with Crippen LogP contribution >= 0.6 is 0 Å². The number of fused-ring (bicyclic) bond motifs is 1. The van der Waals surface area contributed by atoms with Crippen LogP contribution in [-0.2, 0) is 36.7 Å². The highest BCUT2D eigenvalue weighted by Crippen LogP contribution is 2.39. The van der Waals surface area contributed by atoms with Crippen LogP contribution in [0, 0.1) is 0 Å². The van der Waals surface area contributed by atoms with E-state index in [4.69, 9.17) is 19.0 Å². The molecule has 2 aliphatic heterocycles. The number of carbonyl (C=O) groups excluding carboxylic acids is 1. The highest BCUT2D eigenvalue weighted by molar-refractivity contribution is 5.77. The number of amides is 1. The first kappa shape index (κ1) is 23.7. The van der Waals surface area contributed by atoms with E-state index in [-0.39, 0.29) is 25.4 Å². The standard InChI is InChI=1S/C28H29NO6/c30-23-18-28(17-21-12-6-2-7-13-21,35-29-25(31)16-20-10-4-1-5-11-20)34-24-19-32-27(33-26(23)24)22-14-8-3-9-15-22/h1-15,23-24,26-27,30H,16-19H2,(H,29,31)/t23-,24-,26+,27?,28-/m1/s1. The molecule has 2 heterocycles. The van der Waals surface area contributed by atoms with E-state index in [9.17, 15) is 9.90 Å². The van der Waals surface area contributed by atoms with E-state index in [1.165, 1.54) is 0 Å². The van der Waals surface area contributed by atoms with E-state index in [0.717, 1.165) is 16.7 Å². The van der Waals surface area contributed by atoms with Crippen molar-refractivity contribution in [1.29, 1.82) is 0 Å². The molecule has 7 nitrogen and oxygen atoms in total. The first-order valence-electron chi connectivity index (χ1n) is 11.8. The van der Waals surface area contributed by atoms with Gasteiger partial charge in [0.05, 0.1) is 19.1 Å². The van der Waals surface area contributed by atoms with E-state index in [2.05, 4.69) is 5.48 Å². The summed E-state index contributed by atoms with van der Waals surface area (Å²) in [6, 6.07) is 28.7. The molecule has 182 valence electrons. The van der Waals surface area contributed by atoms with Crippen LogP contribution in [0.2, 0.25) is 0 Å². The summed E-state index contributed by atoms with van der Waals surface area (Å²) in [4.78, 5) is 18.6. The van der Waals surface area contributed by atoms with Gasteiger partial charge >= 0.3 is 0 Å². The third-order valence-electron chi connectivity index (χ3n) is 6.27. The maximum atomic E-state index is 12.6. The lowest BCUT2D eigenvalue weighted by molar-refractivity contribution is -0.381. The summed E-state index contributed by atoms with van der Waals surface area (Å²) in [6.07, 6.45) is -1.97. The van der Waals surface area contributed by atoms with Crippen LogP contribution in [0.1, 0.15) is 29.4 Å². The van der Waals surface area contributed by atoms with Gasteiger partial charge in [0.25, 0.3) is 0 Å². The Balaban J connectivity index is 1.30. The minimum atomic E-state index is -1.28. The third-order valence-corrected chi connectivity index (χ3v) is 6.27. The normalized spacial score (nSPS) is 28.1. The van der Waals surface area contributed by atoms with Gasteiger partial charge in [-0.25, -0.2) is 10.3 Å². The van der Waals surface area contributed by atoms with Crippen molar-refractivity contribution in [2.45, 2.75) is 49.7 Å². The molecular formula is C28H29NO6. The van der Waals surface area contributed by atoms with E-state index in [1.54, 1.807) is 0 Å². The summed E-state index contributed by atoms with van der Waals surface area (Å²) in [5, 5.41) is 11.1. The van der Waals surface area contributed by atoms with Crippen molar-refractivity contribution in [3.63, 3.8) is 0 Å². The van der Waals surface area contributed by atoms with Crippen LogP contribution in [0.25, 0.3) is 0 Å². The second-order valence-electron chi connectivity index (χ2n) is 8.97. The Labute approximate surface area is 204 Å². The number of aliphatic hydroxyl groups excluding tert-OH is 1. The van der Waals surface area contributed by atoms with Crippen molar-refractivity contribution in [2.24, 2.45) is 0 Å². The number of carbonyl (C=O) groups is 1. The molecule has 1 amide bonds. The molecule has 3 aromatic rings. The third kappa shape index (κ3) is 5.78. The fourth-order valence-electron chi connectivity index (χ4n) is 4.62. The molecule has 35 heavy (non-hydrogen) atoms. The molecule has 2 fully saturated rings. The van der Waals surface area contributed by atoms with Crippen molar-refractivity contribution < 1.29 is 28.9 Å². The molecule has 7 heteroatoms. The minimum absolute atomic E-state index is 0.121. The Bertz CT molecular complexity index is 1100. The largest absolute Gasteiger partial charge is 0.390 e. The zero-order chi connectivity index (χ0) is 24.1. The highest BCUT2D eigenvalue weighted by Gasteiger charge is 2.51. The molecule has 2 aliphatic rings. The SMILES string of the molecule is O=C(Cc1ccccc1)NO[C@]1(Cc2ccccc2)C[C@@H](O)[C@@H]2OC(c3ccccc3)OC[C@H]2O1. The molecule has 0 saturated carbocycles. The Hall–Kier alpha value is -3.07. The molecule has 2 N–H and O–H groups in total.